The fraction of sp³-hybridized carbons (Fsp3) is 0.333. The summed E-state index contributed by atoms with van der Waals surface area (Å²) in [5.41, 5.74) is 2.13. The van der Waals surface area contributed by atoms with E-state index in [1.165, 1.54) is 12.3 Å². The molecule has 0 aliphatic rings. The topological polar surface area (TPSA) is 109 Å². The van der Waals surface area contributed by atoms with Gasteiger partial charge in [-0.1, -0.05) is 11.6 Å². The average Bonchev–Trinajstić information content (AvgIpc) is 2.42. The van der Waals surface area contributed by atoms with Crippen LogP contribution in [0.15, 0.2) is 17.2 Å². The molecule has 0 saturated heterocycles. The van der Waals surface area contributed by atoms with E-state index in [0.717, 1.165) is 6.07 Å². The largest absolute Gasteiger partial charge is 0.502 e. The van der Waals surface area contributed by atoms with Crippen molar-refractivity contribution in [2.75, 3.05) is 13.7 Å². The highest BCUT2D eigenvalue weighted by molar-refractivity contribution is 7.80. The van der Waals surface area contributed by atoms with Crippen LogP contribution in [0.25, 0.3) is 0 Å². The van der Waals surface area contributed by atoms with Crippen LogP contribution in [0, 0.1) is 10.1 Å². The van der Waals surface area contributed by atoms with Gasteiger partial charge in [0.1, 0.15) is 0 Å². The maximum absolute atomic E-state index is 10.8. The Morgan fingerprint density at radius 3 is 2.95 bits per heavy atom. The van der Waals surface area contributed by atoms with Crippen LogP contribution in [0.4, 0.5) is 5.69 Å². The molecule has 3 N–H and O–H groups in total. The number of hydrogen-bond acceptors (Lipinski definition) is 6. The molecule has 8 nitrogen and oxygen atoms in total. The first kappa shape index (κ1) is 18.1. The van der Waals surface area contributed by atoms with Crippen molar-refractivity contribution in [3.8, 4) is 5.75 Å². The summed E-state index contributed by atoms with van der Waals surface area (Å²) in [6.07, 6.45) is 1.18. The zero-order chi connectivity index (χ0) is 16.7. The molecule has 1 aromatic carbocycles. The highest BCUT2D eigenvalue weighted by atomic mass is 35.5. The van der Waals surface area contributed by atoms with Crippen LogP contribution >= 0.6 is 23.8 Å². The molecule has 0 fully saturated rings. The third kappa shape index (κ3) is 5.43. The third-order valence-electron chi connectivity index (χ3n) is 2.44. The molecule has 0 unspecified atom stereocenters. The Balaban J connectivity index is 2.75. The molecule has 1 aromatic rings. The van der Waals surface area contributed by atoms with Gasteiger partial charge in [0.05, 0.1) is 17.7 Å². The molecule has 10 heteroatoms. The van der Waals surface area contributed by atoms with Crippen LogP contribution in [0.2, 0.25) is 5.02 Å². The lowest BCUT2D eigenvalue weighted by atomic mass is 10.2. The molecule has 0 heterocycles. The standard InChI is InChI=1S/C12H15ClN4O4S/c1-7(6-21-2)15-12(22)16-14-5-8-3-9(13)4-10(11(8)18)17(19)20/h3-5,7,18H,6H2,1-2H3,(H2,15,16,22)/b14-5+/t7-/m0/s1. The first-order valence-electron chi connectivity index (χ1n) is 6.10. The van der Waals surface area contributed by atoms with Crippen molar-refractivity contribution in [3.05, 3.63) is 32.8 Å². The first-order valence-corrected chi connectivity index (χ1v) is 6.89. The number of hydrogen-bond donors (Lipinski definition) is 3. The van der Waals surface area contributed by atoms with E-state index in [0.29, 0.717) is 6.61 Å². The van der Waals surface area contributed by atoms with E-state index in [2.05, 4.69) is 15.8 Å². The number of halogens is 1. The second-order valence-corrected chi connectivity index (χ2v) is 5.16. The number of rotatable bonds is 6. The smallest absolute Gasteiger partial charge is 0.312 e. The molecule has 1 rings (SSSR count). The number of aromatic hydroxyl groups is 1. The number of nitrogens with zero attached hydrogens (tertiary/aromatic N) is 2. The molecule has 0 aromatic heterocycles. The van der Waals surface area contributed by atoms with Gasteiger partial charge in [-0.15, -0.1) is 0 Å². The Hall–Kier alpha value is -1.97. The summed E-state index contributed by atoms with van der Waals surface area (Å²) in [5.74, 6) is -0.522. The molecule has 0 saturated carbocycles. The van der Waals surface area contributed by atoms with Gasteiger partial charge < -0.3 is 15.2 Å². The summed E-state index contributed by atoms with van der Waals surface area (Å²) in [7, 11) is 1.57. The second-order valence-electron chi connectivity index (χ2n) is 4.32. The number of thiocarbonyl (C=S) groups is 1. The summed E-state index contributed by atoms with van der Waals surface area (Å²) in [6.45, 7) is 2.33. The maximum atomic E-state index is 10.8. The monoisotopic (exact) mass is 346 g/mol. The predicted octanol–water partition coefficient (Wildman–Crippen LogP) is 1.79. The Morgan fingerprint density at radius 2 is 2.36 bits per heavy atom. The summed E-state index contributed by atoms with van der Waals surface area (Å²) in [4.78, 5) is 10.0. The van der Waals surface area contributed by atoms with E-state index >= 15 is 0 Å². The molecule has 0 amide bonds. The summed E-state index contributed by atoms with van der Waals surface area (Å²) < 4.78 is 4.94. The Morgan fingerprint density at radius 1 is 1.68 bits per heavy atom. The number of hydrazone groups is 1. The number of nitrogens with one attached hydrogen (secondary N) is 2. The molecular formula is C12H15ClN4O4S. The van der Waals surface area contributed by atoms with Gasteiger partial charge in [-0.3, -0.25) is 15.5 Å². The number of phenolic OH excluding ortho intramolecular Hbond substituents is 1. The minimum Gasteiger partial charge on any atom is -0.502 e. The summed E-state index contributed by atoms with van der Waals surface area (Å²) in [6, 6.07) is 2.39. The van der Waals surface area contributed by atoms with Gasteiger partial charge in [0.25, 0.3) is 0 Å². The highest BCUT2D eigenvalue weighted by Crippen LogP contribution is 2.32. The fourth-order valence-electron chi connectivity index (χ4n) is 1.55. The lowest BCUT2D eigenvalue weighted by molar-refractivity contribution is -0.385. The third-order valence-corrected chi connectivity index (χ3v) is 2.87. The maximum Gasteiger partial charge on any atom is 0.312 e. The lowest BCUT2D eigenvalue weighted by Gasteiger charge is -2.13. The highest BCUT2D eigenvalue weighted by Gasteiger charge is 2.17. The lowest BCUT2D eigenvalue weighted by Crippen LogP contribution is -2.40. The molecular weight excluding hydrogens is 332 g/mol. The Labute approximate surface area is 137 Å². The van der Waals surface area contributed by atoms with Crippen LogP contribution in [-0.4, -0.2) is 41.1 Å². The van der Waals surface area contributed by atoms with E-state index in [1.54, 1.807) is 7.11 Å². The normalized spacial score (nSPS) is 12.1. The zero-order valence-corrected chi connectivity index (χ0v) is 13.4. The molecule has 0 spiro atoms. The molecule has 120 valence electrons. The van der Waals surface area contributed by atoms with E-state index in [-0.39, 0.29) is 21.7 Å². The van der Waals surface area contributed by atoms with Crippen molar-refractivity contribution in [3.63, 3.8) is 0 Å². The summed E-state index contributed by atoms with van der Waals surface area (Å²) in [5, 5.41) is 27.6. The number of phenols is 1. The number of ether oxygens (including phenoxy) is 1. The van der Waals surface area contributed by atoms with Gasteiger partial charge in [-0.25, -0.2) is 0 Å². The Bertz CT molecular complexity index is 597. The number of methoxy groups -OCH3 is 1. The molecule has 22 heavy (non-hydrogen) atoms. The minimum atomic E-state index is -0.732. The van der Waals surface area contributed by atoms with Gasteiger partial charge in [0, 0.05) is 29.8 Å². The molecule has 0 radical (unpaired) electrons. The van der Waals surface area contributed by atoms with Crippen molar-refractivity contribution in [1.82, 2.24) is 10.7 Å². The van der Waals surface area contributed by atoms with E-state index < -0.39 is 16.4 Å². The summed E-state index contributed by atoms with van der Waals surface area (Å²) >= 11 is 10.8. The van der Waals surface area contributed by atoms with Crippen molar-refractivity contribution in [1.29, 1.82) is 0 Å². The number of nitro benzene ring substituents is 1. The van der Waals surface area contributed by atoms with E-state index in [4.69, 9.17) is 28.6 Å². The minimum absolute atomic E-state index is 0.0131. The van der Waals surface area contributed by atoms with Gasteiger partial charge in [-0.05, 0) is 25.2 Å². The van der Waals surface area contributed by atoms with E-state index in [9.17, 15) is 15.2 Å². The number of nitro groups is 1. The SMILES string of the molecule is COC[C@H](C)NC(=S)N/N=C/c1cc(Cl)cc([N+](=O)[O-])c1O. The zero-order valence-electron chi connectivity index (χ0n) is 11.9. The quantitative estimate of drug-likeness (QED) is 0.312. The predicted molar refractivity (Wildman–Crippen MR) is 87.6 cm³/mol. The van der Waals surface area contributed by atoms with Crippen molar-refractivity contribution in [2.45, 2.75) is 13.0 Å². The first-order chi connectivity index (χ1) is 10.3. The molecule has 0 aliphatic heterocycles. The van der Waals surface area contributed by atoms with Gasteiger partial charge >= 0.3 is 5.69 Å². The molecule has 0 bridgehead atoms. The van der Waals surface area contributed by atoms with Gasteiger partial charge in [0.15, 0.2) is 5.11 Å². The van der Waals surface area contributed by atoms with Gasteiger partial charge in [-0.2, -0.15) is 5.10 Å². The average molecular weight is 347 g/mol. The van der Waals surface area contributed by atoms with E-state index in [1.807, 2.05) is 6.92 Å². The van der Waals surface area contributed by atoms with Crippen LogP contribution in [0.1, 0.15) is 12.5 Å². The van der Waals surface area contributed by atoms with Crippen molar-refractivity contribution < 1.29 is 14.8 Å². The number of benzene rings is 1. The van der Waals surface area contributed by atoms with Crippen LogP contribution < -0.4 is 10.7 Å². The van der Waals surface area contributed by atoms with Crippen molar-refractivity contribution >= 4 is 40.8 Å². The van der Waals surface area contributed by atoms with Crippen LogP contribution in [-0.2, 0) is 4.74 Å². The van der Waals surface area contributed by atoms with Crippen LogP contribution in [0.5, 0.6) is 5.75 Å². The fourth-order valence-corrected chi connectivity index (χ4v) is 2.03. The second kappa shape index (κ2) is 8.47. The van der Waals surface area contributed by atoms with Crippen LogP contribution in [0.3, 0.4) is 0 Å². The van der Waals surface area contributed by atoms with Crippen molar-refractivity contribution in [2.24, 2.45) is 5.10 Å². The Kier molecular flexibility index (Phi) is 6.96. The van der Waals surface area contributed by atoms with Gasteiger partial charge in [0.2, 0.25) is 5.75 Å². The molecule has 0 aliphatic carbocycles. The molecule has 1 atom stereocenters.